The molecule has 0 radical (unpaired) electrons. The standard InChI is InChI=1S/C19H21NO5/c1-12-4-6-14(19(22)23)10-17(12)20-18(21)7-5-13-8-15(24-2)11-16(9-13)25-3/h4,6,8-11H,5,7H2,1-3H3,(H,20,21)(H,22,23). The van der Waals surface area contributed by atoms with Gasteiger partial charge in [0.15, 0.2) is 0 Å². The first-order chi connectivity index (χ1) is 11.9. The Hall–Kier alpha value is -3.02. The Labute approximate surface area is 146 Å². The number of ether oxygens (including phenoxy) is 2. The van der Waals surface area contributed by atoms with Crippen molar-refractivity contribution in [3.63, 3.8) is 0 Å². The molecular formula is C19H21NO5. The van der Waals surface area contributed by atoms with Gasteiger partial charge < -0.3 is 19.9 Å². The molecule has 1 amide bonds. The van der Waals surface area contributed by atoms with Crippen LogP contribution in [0, 0.1) is 6.92 Å². The van der Waals surface area contributed by atoms with Crippen molar-refractivity contribution >= 4 is 17.6 Å². The van der Waals surface area contributed by atoms with E-state index in [1.165, 1.54) is 12.1 Å². The molecule has 0 heterocycles. The molecule has 2 rings (SSSR count). The highest BCUT2D eigenvalue weighted by Gasteiger charge is 2.10. The van der Waals surface area contributed by atoms with Crippen molar-refractivity contribution in [1.82, 2.24) is 0 Å². The lowest BCUT2D eigenvalue weighted by molar-refractivity contribution is -0.116. The highest BCUT2D eigenvalue weighted by molar-refractivity contribution is 5.94. The van der Waals surface area contributed by atoms with Crippen LogP contribution in [0.2, 0.25) is 0 Å². The molecule has 25 heavy (non-hydrogen) atoms. The lowest BCUT2D eigenvalue weighted by Crippen LogP contribution is -2.14. The third kappa shape index (κ3) is 4.97. The summed E-state index contributed by atoms with van der Waals surface area (Å²) in [6.07, 6.45) is 0.768. The van der Waals surface area contributed by atoms with E-state index in [9.17, 15) is 9.59 Å². The van der Waals surface area contributed by atoms with E-state index < -0.39 is 5.97 Å². The maximum absolute atomic E-state index is 12.2. The van der Waals surface area contributed by atoms with E-state index in [0.717, 1.165) is 11.1 Å². The maximum Gasteiger partial charge on any atom is 0.335 e. The molecule has 0 aliphatic heterocycles. The van der Waals surface area contributed by atoms with Gasteiger partial charge in [0.2, 0.25) is 5.91 Å². The predicted octanol–water partition coefficient (Wildman–Crippen LogP) is 3.28. The van der Waals surface area contributed by atoms with E-state index in [2.05, 4.69) is 5.32 Å². The van der Waals surface area contributed by atoms with Gasteiger partial charge in [-0.1, -0.05) is 6.07 Å². The topological polar surface area (TPSA) is 84.9 Å². The number of methoxy groups -OCH3 is 2. The second kappa shape index (κ2) is 8.19. The first-order valence-electron chi connectivity index (χ1n) is 7.78. The van der Waals surface area contributed by atoms with Gasteiger partial charge in [0.05, 0.1) is 19.8 Å². The quantitative estimate of drug-likeness (QED) is 0.806. The van der Waals surface area contributed by atoms with Crippen molar-refractivity contribution in [2.45, 2.75) is 19.8 Å². The van der Waals surface area contributed by atoms with Gasteiger partial charge in [0.25, 0.3) is 0 Å². The minimum atomic E-state index is -1.03. The van der Waals surface area contributed by atoms with Gasteiger partial charge in [-0.2, -0.15) is 0 Å². The number of rotatable bonds is 7. The predicted molar refractivity (Wildman–Crippen MR) is 94.6 cm³/mol. The summed E-state index contributed by atoms with van der Waals surface area (Å²) in [6.45, 7) is 1.81. The second-order valence-electron chi connectivity index (χ2n) is 5.60. The van der Waals surface area contributed by atoms with Crippen molar-refractivity contribution in [2.75, 3.05) is 19.5 Å². The Bertz CT molecular complexity index is 763. The Morgan fingerprint density at radius 2 is 1.68 bits per heavy atom. The molecule has 0 unspecified atom stereocenters. The van der Waals surface area contributed by atoms with Crippen molar-refractivity contribution in [3.8, 4) is 11.5 Å². The molecule has 6 heteroatoms. The van der Waals surface area contributed by atoms with Gasteiger partial charge in [-0.25, -0.2) is 4.79 Å². The molecule has 2 N–H and O–H groups in total. The normalized spacial score (nSPS) is 10.2. The number of carbonyl (C=O) groups excluding carboxylic acids is 1. The van der Waals surface area contributed by atoms with Gasteiger partial charge >= 0.3 is 5.97 Å². The van der Waals surface area contributed by atoms with Gasteiger partial charge in [0.1, 0.15) is 11.5 Å². The summed E-state index contributed by atoms with van der Waals surface area (Å²) in [5.41, 5.74) is 2.37. The van der Waals surface area contributed by atoms with Crippen LogP contribution >= 0.6 is 0 Å². The Morgan fingerprint density at radius 1 is 1.04 bits per heavy atom. The van der Waals surface area contributed by atoms with Crippen LogP contribution in [0.15, 0.2) is 36.4 Å². The third-order valence-electron chi connectivity index (χ3n) is 3.81. The number of carboxylic acid groups (broad SMARTS) is 1. The van der Waals surface area contributed by atoms with Gasteiger partial charge in [-0.05, 0) is 48.7 Å². The summed E-state index contributed by atoms with van der Waals surface area (Å²) in [5, 5.41) is 11.8. The zero-order valence-electron chi connectivity index (χ0n) is 14.5. The van der Waals surface area contributed by atoms with E-state index in [0.29, 0.717) is 23.6 Å². The molecule has 0 aromatic heterocycles. The first-order valence-corrected chi connectivity index (χ1v) is 7.78. The molecule has 0 aliphatic carbocycles. The maximum atomic E-state index is 12.2. The van der Waals surface area contributed by atoms with Crippen molar-refractivity contribution in [1.29, 1.82) is 0 Å². The first kappa shape index (κ1) is 18.3. The van der Waals surface area contributed by atoms with Gasteiger partial charge in [0, 0.05) is 18.2 Å². The third-order valence-corrected chi connectivity index (χ3v) is 3.81. The van der Waals surface area contributed by atoms with Crippen LogP contribution < -0.4 is 14.8 Å². The highest BCUT2D eigenvalue weighted by atomic mass is 16.5. The molecule has 2 aromatic carbocycles. The van der Waals surface area contributed by atoms with Crippen LogP contribution in [0.1, 0.15) is 27.9 Å². The fraction of sp³-hybridized carbons (Fsp3) is 0.263. The molecule has 0 fully saturated rings. The molecule has 132 valence electrons. The Balaban J connectivity index is 2.04. The van der Waals surface area contributed by atoms with Crippen molar-refractivity contribution in [3.05, 3.63) is 53.1 Å². The monoisotopic (exact) mass is 343 g/mol. The number of amides is 1. The van der Waals surface area contributed by atoms with E-state index in [-0.39, 0.29) is 17.9 Å². The molecule has 0 saturated heterocycles. The summed E-state index contributed by atoms with van der Waals surface area (Å²) in [6, 6.07) is 10.1. The summed E-state index contributed by atoms with van der Waals surface area (Å²) >= 11 is 0. The molecular weight excluding hydrogens is 322 g/mol. The van der Waals surface area contributed by atoms with Crippen molar-refractivity contribution < 1.29 is 24.2 Å². The lowest BCUT2D eigenvalue weighted by Gasteiger charge is -2.11. The minimum Gasteiger partial charge on any atom is -0.497 e. The minimum absolute atomic E-state index is 0.137. The number of aromatic carboxylic acids is 1. The summed E-state index contributed by atoms with van der Waals surface area (Å²) in [5.74, 6) is 0.117. The number of benzene rings is 2. The molecule has 6 nitrogen and oxygen atoms in total. The molecule has 0 aliphatic rings. The number of aryl methyl sites for hydroxylation is 2. The van der Waals surface area contributed by atoms with Crippen molar-refractivity contribution in [2.24, 2.45) is 0 Å². The van der Waals surface area contributed by atoms with E-state index in [1.54, 1.807) is 26.4 Å². The zero-order valence-corrected chi connectivity index (χ0v) is 14.5. The lowest BCUT2D eigenvalue weighted by atomic mass is 10.1. The highest BCUT2D eigenvalue weighted by Crippen LogP contribution is 2.23. The number of hydrogen-bond donors (Lipinski definition) is 2. The smallest absolute Gasteiger partial charge is 0.335 e. The molecule has 0 spiro atoms. The van der Waals surface area contributed by atoms with E-state index in [1.807, 2.05) is 19.1 Å². The summed E-state index contributed by atoms with van der Waals surface area (Å²) < 4.78 is 10.4. The Morgan fingerprint density at radius 3 is 2.24 bits per heavy atom. The van der Waals surface area contributed by atoms with E-state index >= 15 is 0 Å². The molecule has 0 atom stereocenters. The SMILES string of the molecule is COc1cc(CCC(=O)Nc2cc(C(=O)O)ccc2C)cc(OC)c1. The number of carbonyl (C=O) groups is 2. The van der Waals surface area contributed by atoms with Crippen LogP contribution in [0.5, 0.6) is 11.5 Å². The van der Waals surface area contributed by atoms with Crippen LogP contribution in [0.25, 0.3) is 0 Å². The van der Waals surface area contributed by atoms with Crippen LogP contribution in [-0.4, -0.2) is 31.2 Å². The molecule has 2 aromatic rings. The second-order valence-corrected chi connectivity index (χ2v) is 5.60. The fourth-order valence-corrected chi connectivity index (χ4v) is 2.37. The van der Waals surface area contributed by atoms with Gasteiger partial charge in [-0.3, -0.25) is 4.79 Å². The average molecular weight is 343 g/mol. The number of carboxylic acids is 1. The zero-order chi connectivity index (χ0) is 18.4. The largest absolute Gasteiger partial charge is 0.497 e. The molecule has 0 saturated carbocycles. The Kier molecular flexibility index (Phi) is 6.00. The molecule has 0 bridgehead atoms. The summed E-state index contributed by atoms with van der Waals surface area (Å²) in [7, 11) is 3.15. The van der Waals surface area contributed by atoms with Gasteiger partial charge in [-0.15, -0.1) is 0 Å². The van der Waals surface area contributed by atoms with E-state index in [4.69, 9.17) is 14.6 Å². The number of hydrogen-bond acceptors (Lipinski definition) is 4. The van der Waals surface area contributed by atoms with Crippen LogP contribution in [0.4, 0.5) is 5.69 Å². The van der Waals surface area contributed by atoms with Crippen LogP contribution in [0.3, 0.4) is 0 Å². The fourth-order valence-electron chi connectivity index (χ4n) is 2.37. The van der Waals surface area contributed by atoms with Crippen LogP contribution in [-0.2, 0) is 11.2 Å². The number of anilines is 1. The number of nitrogens with one attached hydrogen (secondary N) is 1. The average Bonchev–Trinajstić information content (AvgIpc) is 2.61. The summed E-state index contributed by atoms with van der Waals surface area (Å²) in [4.78, 5) is 23.3.